The smallest absolute Gasteiger partial charge is 0.0852 e. The molecule has 0 aromatic heterocycles. The van der Waals surface area contributed by atoms with Gasteiger partial charge >= 0.3 is 0 Å². The molecule has 20 heavy (non-hydrogen) atoms. The first-order chi connectivity index (χ1) is 9.72. The quantitative estimate of drug-likeness (QED) is 0.883. The summed E-state index contributed by atoms with van der Waals surface area (Å²) in [7, 11) is 0. The van der Waals surface area contributed by atoms with Gasteiger partial charge in [0, 0.05) is 6.04 Å². The highest BCUT2D eigenvalue weighted by Gasteiger charge is 2.45. The second-order valence-electron chi connectivity index (χ2n) is 6.41. The summed E-state index contributed by atoms with van der Waals surface area (Å²) in [5.41, 5.74) is 0.866. The van der Waals surface area contributed by atoms with Gasteiger partial charge in [0.15, 0.2) is 0 Å². The lowest BCUT2D eigenvalue weighted by Crippen LogP contribution is -2.51. The molecule has 106 valence electrons. The zero-order valence-corrected chi connectivity index (χ0v) is 11.8. The number of nitrogens with one attached hydrogen (secondary N) is 1. The monoisotopic (exact) mass is 270 g/mol. The van der Waals surface area contributed by atoms with Crippen molar-refractivity contribution in [3.8, 4) is 6.07 Å². The minimum absolute atomic E-state index is 0.0919. The van der Waals surface area contributed by atoms with Crippen LogP contribution >= 0.6 is 0 Å². The molecule has 3 heteroatoms. The molecule has 2 atom stereocenters. The Morgan fingerprint density at radius 3 is 2.60 bits per heavy atom. The van der Waals surface area contributed by atoms with E-state index in [2.05, 4.69) is 23.5 Å². The van der Waals surface area contributed by atoms with Crippen molar-refractivity contribution in [1.29, 1.82) is 5.26 Å². The maximum absolute atomic E-state index is 9.53. The molecular weight excluding hydrogens is 248 g/mol. The van der Waals surface area contributed by atoms with Crippen LogP contribution in [0.3, 0.4) is 0 Å². The number of nitriles is 1. The van der Waals surface area contributed by atoms with Crippen LogP contribution in [-0.2, 0) is 5.41 Å². The van der Waals surface area contributed by atoms with E-state index in [1.807, 2.05) is 18.2 Å². The van der Waals surface area contributed by atoms with E-state index in [-0.39, 0.29) is 11.5 Å². The van der Waals surface area contributed by atoms with Gasteiger partial charge in [0.05, 0.1) is 17.6 Å². The molecule has 2 N–H and O–H groups in total. The predicted molar refractivity (Wildman–Crippen MR) is 78.1 cm³/mol. The maximum atomic E-state index is 9.53. The minimum Gasteiger partial charge on any atom is -0.393 e. The van der Waals surface area contributed by atoms with Crippen LogP contribution < -0.4 is 5.32 Å². The zero-order valence-electron chi connectivity index (χ0n) is 11.8. The number of aliphatic hydroxyl groups excluding tert-OH is 1. The number of rotatable bonds is 4. The van der Waals surface area contributed by atoms with Crippen molar-refractivity contribution in [2.45, 2.75) is 49.7 Å². The average molecular weight is 270 g/mol. The molecule has 0 bridgehead atoms. The summed E-state index contributed by atoms with van der Waals surface area (Å²) in [5, 5.41) is 22.6. The van der Waals surface area contributed by atoms with Crippen LogP contribution in [0.1, 0.15) is 37.7 Å². The van der Waals surface area contributed by atoms with Crippen molar-refractivity contribution in [3.63, 3.8) is 0 Å². The predicted octanol–water partition coefficient (Wildman–Crippen LogP) is 2.36. The number of hydrogen-bond donors (Lipinski definition) is 2. The molecular formula is C17H22N2O. The Bertz CT molecular complexity index is 487. The normalized spacial score (nSPS) is 36.3. The van der Waals surface area contributed by atoms with Crippen LogP contribution in [-0.4, -0.2) is 23.8 Å². The third kappa shape index (κ3) is 2.59. The van der Waals surface area contributed by atoms with Gasteiger partial charge in [0.2, 0.25) is 0 Å². The van der Waals surface area contributed by atoms with Gasteiger partial charge in [-0.2, -0.15) is 5.26 Å². The number of nitrogens with zero attached hydrogens (tertiary/aromatic N) is 1. The van der Waals surface area contributed by atoms with Crippen molar-refractivity contribution in [1.82, 2.24) is 5.32 Å². The lowest BCUT2D eigenvalue weighted by atomic mass is 9.62. The molecule has 2 saturated carbocycles. The molecule has 0 saturated heterocycles. The highest BCUT2D eigenvalue weighted by Crippen LogP contribution is 2.43. The summed E-state index contributed by atoms with van der Waals surface area (Å²) in [5.74, 6) is 0.610. The van der Waals surface area contributed by atoms with E-state index < -0.39 is 0 Å². The Balaban J connectivity index is 1.51. The van der Waals surface area contributed by atoms with E-state index in [0.717, 1.165) is 44.2 Å². The Morgan fingerprint density at radius 1 is 1.25 bits per heavy atom. The molecule has 2 fully saturated rings. The molecule has 2 aliphatic rings. The first kappa shape index (κ1) is 13.6. The summed E-state index contributed by atoms with van der Waals surface area (Å²) in [6, 6.07) is 13.1. The Labute approximate surface area is 120 Å². The topological polar surface area (TPSA) is 56.0 Å². The van der Waals surface area contributed by atoms with Crippen molar-refractivity contribution >= 4 is 0 Å². The van der Waals surface area contributed by atoms with Crippen molar-refractivity contribution < 1.29 is 5.11 Å². The molecule has 3 rings (SSSR count). The van der Waals surface area contributed by atoms with Crippen LogP contribution in [0.2, 0.25) is 0 Å². The summed E-state index contributed by atoms with van der Waals surface area (Å²) in [6.45, 7) is 0.984. The Kier molecular flexibility index (Phi) is 3.78. The van der Waals surface area contributed by atoms with Gasteiger partial charge in [-0.1, -0.05) is 30.3 Å². The van der Waals surface area contributed by atoms with Gasteiger partial charge in [0.25, 0.3) is 0 Å². The van der Waals surface area contributed by atoms with Crippen molar-refractivity contribution in [2.24, 2.45) is 5.92 Å². The molecule has 0 aliphatic heterocycles. The second-order valence-corrected chi connectivity index (χ2v) is 6.41. The van der Waals surface area contributed by atoms with E-state index in [1.165, 1.54) is 0 Å². The third-order valence-corrected chi connectivity index (χ3v) is 4.94. The number of aliphatic hydroxyl groups is 1. The number of hydrogen-bond acceptors (Lipinski definition) is 3. The standard InChI is InChI=1S/C17H22N2O/c18-12-17(14-4-2-1-3-5-14)9-15(10-17)19-11-13-6-7-16(20)8-13/h1-5,13,15-16,19-20H,6-11H2. The fraction of sp³-hybridized carbons (Fsp3) is 0.588. The van der Waals surface area contributed by atoms with Crippen molar-refractivity contribution in [2.75, 3.05) is 6.54 Å². The fourth-order valence-corrected chi connectivity index (χ4v) is 3.64. The van der Waals surface area contributed by atoms with Gasteiger partial charge < -0.3 is 10.4 Å². The van der Waals surface area contributed by atoms with Gasteiger partial charge in [-0.3, -0.25) is 0 Å². The summed E-state index contributed by atoms with van der Waals surface area (Å²) in [4.78, 5) is 0. The SMILES string of the molecule is N#CC1(c2ccccc2)CC(NCC2CCC(O)C2)C1. The third-order valence-electron chi connectivity index (χ3n) is 4.94. The van der Waals surface area contributed by atoms with Crippen LogP contribution in [0, 0.1) is 17.2 Å². The van der Waals surface area contributed by atoms with Gasteiger partial charge in [-0.15, -0.1) is 0 Å². The molecule has 1 aromatic carbocycles. The molecule has 0 amide bonds. The fourth-order valence-electron chi connectivity index (χ4n) is 3.64. The van der Waals surface area contributed by atoms with Crippen LogP contribution in [0.25, 0.3) is 0 Å². The maximum Gasteiger partial charge on any atom is 0.0852 e. The first-order valence-electron chi connectivity index (χ1n) is 7.60. The second kappa shape index (κ2) is 5.55. The highest BCUT2D eigenvalue weighted by molar-refractivity contribution is 5.36. The van der Waals surface area contributed by atoms with E-state index >= 15 is 0 Å². The van der Waals surface area contributed by atoms with E-state index in [4.69, 9.17) is 0 Å². The summed E-state index contributed by atoms with van der Waals surface area (Å²) >= 11 is 0. The molecule has 2 aliphatic carbocycles. The Hall–Kier alpha value is -1.37. The molecule has 3 nitrogen and oxygen atoms in total. The molecule has 2 unspecified atom stereocenters. The van der Waals surface area contributed by atoms with Crippen LogP contribution in [0.15, 0.2) is 30.3 Å². The van der Waals surface area contributed by atoms with E-state index in [0.29, 0.717) is 12.0 Å². The van der Waals surface area contributed by atoms with Gasteiger partial charge in [-0.05, 0) is 50.1 Å². The average Bonchev–Trinajstić information content (AvgIpc) is 2.85. The number of benzene rings is 1. The van der Waals surface area contributed by atoms with Gasteiger partial charge in [0.1, 0.15) is 0 Å². The van der Waals surface area contributed by atoms with Gasteiger partial charge in [-0.25, -0.2) is 0 Å². The first-order valence-corrected chi connectivity index (χ1v) is 7.60. The Morgan fingerprint density at radius 2 is 2.00 bits per heavy atom. The van der Waals surface area contributed by atoms with Crippen molar-refractivity contribution in [3.05, 3.63) is 35.9 Å². The highest BCUT2D eigenvalue weighted by atomic mass is 16.3. The molecule has 0 spiro atoms. The van der Waals surface area contributed by atoms with Crippen LogP contribution in [0.5, 0.6) is 0 Å². The molecule has 0 heterocycles. The van der Waals surface area contributed by atoms with Crippen LogP contribution in [0.4, 0.5) is 0 Å². The zero-order chi connectivity index (χ0) is 14.0. The lowest BCUT2D eigenvalue weighted by Gasteiger charge is -2.43. The summed E-state index contributed by atoms with van der Waals surface area (Å²) < 4.78 is 0. The largest absolute Gasteiger partial charge is 0.393 e. The van der Waals surface area contributed by atoms with E-state index in [1.54, 1.807) is 0 Å². The molecule has 1 aromatic rings. The summed E-state index contributed by atoms with van der Waals surface area (Å²) in [6.07, 6.45) is 4.73. The van der Waals surface area contributed by atoms with E-state index in [9.17, 15) is 10.4 Å². The molecule has 0 radical (unpaired) electrons. The lowest BCUT2D eigenvalue weighted by molar-refractivity contribution is 0.173. The minimum atomic E-state index is -0.284.